The molecule has 3 aromatic rings. The van der Waals surface area contributed by atoms with E-state index in [0.717, 1.165) is 22.3 Å². The molecule has 0 aliphatic carbocycles. The number of amides is 3. The van der Waals surface area contributed by atoms with Gasteiger partial charge in [-0.3, -0.25) is 24.2 Å². The van der Waals surface area contributed by atoms with Crippen molar-refractivity contribution in [3.8, 4) is 0 Å². The van der Waals surface area contributed by atoms with Gasteiger partial charge in [0.25, 0.3) is 5.91 Å². The predicted octanol–water partition coefficient (Wildman–Crippen LogP) is 3.90. The Labute approximate surface area is 202 Å². The van der Waals surface area contributed by atoms with Crippen LogP contribution in [0.2, 0.25) is 0 Å². The summed E-state index contributed by atoms with van der Waals surface area (Å²) in [6.45, 7) is 4.27. The number of benzene rings is 3. The molecule has 34 heavy (non-hydrogen) atoms. The lowest BCUT2D eigenvalue weighted by Crippen LogP contribution is -2.51. The molecule has 0 radical (unpaired) electrons. The van der Waals surface area contributed by atoms with Gasteiger partial charge in [0.1, 0.15) is 6.54 Å². The van der Waals surface area contributed by atoms with Gasteiger partial charge in [-0.25, -0.2) is 0 Å². The molecule has 2 aliphatic heterocycles. The smallest absolute Gasteiger partial charge is 0.269 e. The van der Waals surface area contributed by atoms with E-state index >= 15 is 0 Å². The maximum absolute atomic E-state index is 14.0. The molecule has 1 unspecified atom stereocenters. The number of hydrogen-bond donors (Lipinski definition) is 1. The first-order chi connectivity index (χ1) is 16.4. The Balaban J connectivity index is 1.44. The Morgan fingerprint density at radius 3 is 2.29 bits per heavy atom. The summed E-state index contributed by atoms with van der Waals surface area (Å²) in [6.07, 6.45) is 0. The number of carbonyl (C=O) groups excluding carboxylic acids is 3. The molecule has 3 aromatic carbocycles. The number of rotatable bonds is 5. The number of thioether (sulfide) groups is 1. The van der Waals surface area contributed by atoms with E-state index in [4.69, 9.17) is 0 Å². The van der Waals surface area contributed by atoms with Crippen LogP contribution in [0.1, 0.15) is 22.3 Å². The van der Waals surface area contributed by atoms with Crippen molar-refractivity contribution in [1.29, 1.82) is 0 Å². The van der Waals surface area contributed by atoms with E-state index in [1.54, 1.807) is 4.90 Å². The van der Waals surface area contributed by atoms with Crippen LogP contribution in [0.4, 0.5) is 11.4 Å². The van der Waals surface area contributed by atoms with E-state index in [9.17, 15) is 14.4 Å². The highest BCUT2D eigenvalue weighted by molar-refractivity contribution is 8.02. The first-order valence-corrected chi connectivity index (χ1v) is 12.2. The van der Waals surface area contributed by atoms with E-state index in [-0.39, 0.29) is 30.0 Å². The van der Waals surface area contributed by atoms with Crippen molar-refractivity contribution in [1.82, 2.24) is 5.32 Å². The van der Waals surface area contributed by atoms with Crippen LogP contribution in [0, 0.1) is 13.8 Å². The van der Waals surface area contributed by atoms with Gasteiger partial charge in [0.05, 0.1) is 11.4 Å². The molecular formula is C27H25N3O3S. The van der Waals surface area contributed by atoms with Gasteiger partial charge in [0.2, 0.25) is 16.7 Å². The molecule has 1 N–H and O–H groups in total. The minimum Gasteiger partial charge on any atom is -0.350 e. The molecule has 5 rings (SSSR count). The number of para-hydroxylation sites is 1. The highest BCUT2D eigenvalue weighted by Crippen LogP contribution is 2.55. The first-order valence-electron chi connectivity index (χ1n) is 11.2. The molecule has 172 valence electrons. The summed E-state index contributed by atoms with van der Waals surface area (Å²) < 4.78 is 0. The monoisotopic (exact) mass is 471 g/mol. The maximum atomic E-state index is 14.0. The summed E-state index contributed by atoms with van der Waals surface area (Å²) in [5.41, 5.74) is 5.30. The molecule has 1 saturated heterocycles. The summed E-state index contributed by atoms with van der Waals surface area (Å²) in [6, 6.07) is 23.0. The van der Waals surface area contributed by atoms with Crippen molar-refractivity contribution >= 4 is 40.9 Å². The average Bonchev–Trinajstić information content (AvgIpc) is 3.30. The minimum atomic E-state index is -1.21. The molecule has 1 fully saturated rings. The van der Waals surface area contributed by atoms with E-state index in [0.29, 0.717) is 17.9 Å². The summed E-state index contributed by atoms with van der Waals surface area (Å²) in [4.78, 5) is 41.8. The standard InChI is InChI=1S/C27H25N3O3S/c1-18-7-11-20(12-8-18)15-28-24(31)16-29-23-6-4-3-5-22(23)27(26(29)33)30(25(32)17-34-27)21-13-9-19(2)10-14-21/h3-14H,15-17H2,1-2H3,(H,28,31). The number of nitrogens with one attached hydrogen (secondary N) is 1. The highest BCUT2D eigenvalue weighted by Gasteiger charge is 2.61. The Hall–Kier alpha value is -3.58. The quantitative estimate of drug-likeness (QED) is 0.613. The van der Waals surface area contributed by atoms with E-state index in [2.05, 4.69) is 5.32 Å². The lowest BCUT2D eigenvalue weighted by molar-refractivity contribution is -0.125. The van der Waals surface area contributed by atoms with Crippen molar-refractivity contribution in [3.05, 3.63) is 95.1 Å². The third-order valence-corrected chi connectivity index (χ3v) is 7.65. The molecule has 1 atom stereocenters. The molecule has 0 aromatic heterocycles. The Bertz CT molecular complexity index is 1270. The summed E-state index contributed by atoms with van der Waals surface area (Å²) in [5.74, 6) is -0.447. The lowest BCUT2D eigenvalue weighted by Gasteiger charge is -2.33. The zero-order valence-electron chi connectivity index (χ0n) is 19.1. The van der Waals surface area contributed by atoms with Crippen LogP contribution >= 0.6 is 11.8 Å². The maximum Gasteiger partial charge on any atom is 0.269 e. The van der Waals surface area contributed by atoms with Crippen LogP contribution in [0.3, 0.4) is 0 Å². The van der Waals surface area contributed by atoms with Crippen LogP contribution in [-0.4, -0.2) is 30.0 Å². The van der Waals surface area contributed by atoms with Gasteiger partial charge >= 0.3 is 0 Å². The molecule has 7 heteroatoms. The van der Waals surface area contributed by atoms with Gasteiger partial charge in [-0.2, -0.15) is 0 Å². The van der Waals surface area contributed by atoms with Crippen molar-refractivity contribution in [3.63, 3.8) is 0 Å². The number of hydrogen-bond acceptors (Lipinski definition) is 4. The minimum absolute atomic E-state index is 0.111. The number of nitrogens with zero attached hydrogens (tertiary/aromatic N) is 2. The normalized spacial score (nSPS) is 19.1. The van der Waals surface area contributed by atoms with Crippen LogP contribution in [0.15, 0.2) is 72.8 Å². The third kappa shape index (κ3) is 3.66. The third-order valence-electron chi connectivity index (χ3n) is 6.27. The second-order valence-electron chi connectivity index (χ2n) is 8.67. The van der Waals surface area contributed by atoms with Crippen LogP contribution in [0.5, 0.6) is 0 Å². The zero-order valence-corrected chi connectivity index (χ0v) is 19.9. The SMILES string of the molecule is Cc1ccc(CNC(=O)CN2C(=O)C3(SCC(=O)N3c3ccc(C)cc3)c3ccccc32)cc1. The fourth-order valence-electron chi connectivity index (χ4n) is 4.51. The predicted molar refractivity (Wildman–Crippen MR) is 135 cm³/mol. The first kappa shape index (κ1) is 22.2. The largest absolute Gasteiger partial charge is 0.350 e. The second kappa shape index (κ2) is 8.65. The fraction of sp³-hybridized carbons (Fsp3) is 0.222. The molecular weight excluding hydrogens is 446 g/mol. The average molecular weight is 472 g/mol. The Morgan fingerprint density at radius 1 is 0.941 bits per heavy atom. The van der Waals surface area contributed by atoms with Crippen LogP contribution in [0.25, 0.3) is 0 Å². The molecule has 3 amide bonds. The summed E-state index contributed by atoms with van der Waals surface area (Å²) >= 11 is 1.31. The summed E-state index contributed by atoms with van der Waals surface area (Å²) in [5, 5.41) is 2.91. The van der Waals surface area contributed by atoms with Crippen molar-refractivity contribution < 1.29 is 14.4 Å². The molecule has 0 saturated carbocycles. The van der Waals surface area contributed by atoms with Crippen molar-refractivity contribution in [2.24, 2.45) is 0 Å². The Morgan fingerprint density at radius 2 is 1.59 bits per heavy atom. The molecule has 0 bridgehead atoms. The molecule has 6 nitrogen and oxygen atoms in total. The second-order valence-corrected chi connectivity index (χ2v) is 9.84. The van der Waals surface area contributed by atoms with Crippen molar-refractivity contribution in [2.75, 3.05) is 22.1 Å². The number of carbonyl (C=O) groups is 3. The lowest BCUT2D eigenvalue weighted by atomic mass is 10.0. The van der Waals surface area contributed by atoms with E-state index < -0.39 is 4.87 Å². The fourth-order valence-corrected chi connectivity index (χ4v) is 5.87. The van der Waals surface area contributed by atoms with Crippen LogP contribution in [-0.2, 0) is 25.8 Å². The van der Waals surface area contributed by atoms with Gasteiger partial charge in [-0.1, -0.05) is 65.7 Å². The zero-order chi connectivity index (χ0) is 23.9. The van der Waals surface area contributed by atoms with Gasteiger partial charge in [-0.05, 0) is 37.6 Å². The van der Waals surface area contributed by atoms with E-state index in [1.165, 1.54) is 16.7 Å². The topological polar surface area (TPSA) is 69.7 Å². The highest BCUT2D eigenvalue weighted by atomic mass is 32.2. The van der Waals surface area contributed by atoms with Gasteiger partial charge in [0, 0.05) is 17.8 Å². The van der Waals surface area contributed by atoms with Gasteiger partial charge in [0.15, 0.2) is 0 Å². The number of fused-ring (bicyclic) bond motifs is 2. The van der Waals surface area contributed by atoms with Crippen molar-refractivity contribution in [2.45, 2.75) is 25.3 Å². The summed E-state index contributed by atoms with van der Waals surface area (Å²) in [7, 11) is 0. The van der Waals surface area contributed by atoms with Crippen LogP contribution < -0.4 is 15.1 Å². The molecule has 2 heterocycles. The molecule has 1 spiro atoms. The number of anilines is 2. The Kier molecular flexibility index (Phi) is 5.65. The van der Waals surface area contributed by atoms with E-state index in [1.807, 2.05) is 86.6 Å². The van der Waals surface area contributed by atoms with Gasteiger partial charge in [-0.15, -0.1) is 11.8 Å². The van der Waals surface area contributed by atoms with Gasteiger partial charge < -0.3 is 5.32 Å². The molecule has 2 aliphatic rings. The number of aryl methyl sites for hydroxylation is 2.